The van der Waals surface area contributed by atoms with Crippen LogP contribution in [0.25, 0.3) is 0 Å². The maximum atomic E-state index is 13.2. The molecule has 1 saturated heterocycles. The van der Waals surface area contributed by atoms with Gasteiger partial charge in [-0.3, -0.25) is 19.7 Å². The van der Waals surface area contributed by atoms with E-state index in [4.69, 9.17) is 0 Å². The summed E-state index contributed by atoms with van der Waals surface area (Å²) >= 11 is 1.29. The van der Waals surface area contributed by atoms with Crippen LogP contribution in [0, 0.1) is 11.7 Å². The average molecular weight is 453 g/mol. The third kappa shape index (κ3) is 4.65. The minimum atomic E-state index is -0.598. The first-order valence-corrected chi connectivity index (χ1v) is 10.9. The molecule has 3 aromatic rings. The van der Waals surface area contributed by atoms with Crippen molar-refractivity contribution in [1.29, 1.82) is 0 Å². The van der Waals surface area contributed by atoms with E-state index < -0.39 is 17.6 Å². The molecule has 2 aromatic carbocycles. The van der Waals surface area contributed by atoms with Gasteiger partial charge in [0.15, 0.2) is 0 Å². The lowest BCUT2D eigenvalue weighted by molar-refractivity contribution is -0.122. The Kier molecular flexibility index (Phi) is 6.22. The molecule has 0 radical (unpaired) electrons. The van der Waals surface area contributed by atoms with Crippen LogP contribution in [0.5, 0.6) is 0 Å². The number of hydrogen-bond acceptors (Lipinski definition) is 6. The first kappa shape index (κ1) is 21.6. The van der Waals surface area contributed by atoms with E-state index in [2.05, 4.69) is 20.8 Å². The van der Waals surface area contributed by atoms with Gasteiger partial charge in [-0.15, -0.1) is 10.2 Å². The minimum Gasteiger partial charge on any atom is -0.325 e. The third-order valence-electron chi connectivity index (χ3n) is 5.05. The Morgan fingerprint density at radius 2 is 1.88 bits per heavy atom. The van der Waals surface area contributed by atoms with Crippen molar-refractivity contribution < 1.29 is 18.8 Å². The van der Waals surface area contributed by atoms with Crippen molar-refractivity contribution in [2.24, 2.45) is 5.92 Å². The smallest absolute Gasteiger partial charge is 0.259 e. The summed E-state index contributed by atoms with van der Waals surface area (Å²) in [5, 5.41) is 14.6. The number of hydrogen-bond donors (Lipinski definition) is 2. The predicted octanol–water partition coefficient (Wildman–Crippen LogP) is 3.48. The van der Waals surface area contributed by atoms with E-state index in [9.17, 15) is 18.8 Å². The zero-order valence-electron chi connectivity index (χ0n) is 17.2. The van der Waals surface area contributed by atoms with Crippen LogP contribution in [-0.2, 0) is 16.0 Å². The Bertz CT molecular complexity index is 1160. The Hall–Kier alpha value is -3.66. The largest absolute Gasteiger partial charge is 0.325 e. The second-order valence-corrected chi connectivity index (χ2v) is 8.29. The van der Waals surface area contributed by atoms with E-state index >= 15 is 0 Å². The molecule has 4 rings (SSSR count). The number of carbonyl (C=O) groups is 3. The minimum absolute atomic E-state index is 0.0299. The molecule has 8 nitrogen and oxygen atoms in total. The highest BCUT2D eigenvalue weighted by molar-refractivity contribution is 7.15. The molecule has 0 unspecified atom stereocenters. The van der Waals surface area contributed by atoms with E-state index in [1.165, 1.54) is 40.5 Å². The Morgan fingerprint density at radius 3 is 2.59 bits per heavy atom. The maximum Gasteiger partial charge on any atom is 0.259 e. The molecule has 1 aliphatic rings. The van der Waals surface area contributed by atoms with Gasteiger partial charge in [0.1, 0.15) is 10.8 Å². The monoisotopic (exact) mass is 453 g/mol. The molecular weight excluding hydrogens is 433 g/mol. The van der Waals surface area contributed by atoms with Crippen molar-refractivity contribution in [3.8, 4) is 0 Å². The highest BCUT2D eigenvalue weighted by Crippen LogP contribution is 2.27. The third-order valence-corrected chi connectivity index (χ3v) is 6.04. The maximum absolute atomic E-state index is 13.2. The van der Waals surface area contributed by atoms with E-state index in [1.54, 1.807) is 24.3 Å². The number of benzene rings is 2. The summed E-state index contributed by atoms with van der Waals surface area (Å²) in [7, 11) is 0. The quantitative estimate of drug-likeness (QED) is 0.595. The zero-order chi connectivity index (χ0) is 22.7. The molecule has 0 spiro atoms. The summed E-state index contributed by atoms with van der Waals surface area (Å²) in [5.41, 5.74) is 1.15. The molecule has 1 aromatic heterocycles. The number of nitrogens with one attached hydrogen (secondary N) is 2. The van der Waals surface area contributed by atoms with Crippen LogP contribution >= 0.6 is 11.3 Å². The fraction of sp³-hybridized carbons (Fsp3) is 0.227. The molecule has 164 valence electrons. The van der Waals surface area contributed by atoms with E-state index in [1.807, 2.05) is 6.92 Å². The van der Waals surface area contributed by atoms with Gasteiger partial charge in [0, 0.05) is 18.7 Å². The lowest BCUT2D eigenvalue weighted by atomic mass is 10.1. The molecule has 0 bridgehead atoms. The van der Waals surface area contributed by atoms with Gasteiger partial charge < -0.3 is 10.2 Å². The summed E-state index contributed by atoms with van der Waals surface area (Å²) < 4.78 is 13.2. The van der Waals surface area contributed by atoms with Gasteiger partial charge in [-0.25, -0.2) is 4.39 Å². The Labute approximate surface area is 187 Å². The molecule has 10 heteroatoms. The van der Waals surface area contributed by atoms with Gasteiger partial charge >= 0.3 is 0 Å². The van der Waals surface area contributed by atoms with Crippen LogP contribution in [0.3, 0.4) is 0 Å². The summed E-state index contributed by atoms with van der Waals surface area (Å²) in [5.74, 6) is -2.00. The van der Waals surface area contributed by atoms with Gasteiger partial charge in [-0.1, -0.05) is 30.4 Å². The number of amides is 3. The standard InChI is InChI=1S/C22H20FN5O3S/c1-2-18-26-27-22(32-18)25-21(31)16-5-3-4-6-17(16)24-20(30)13-11-19(29)28(12-13)15-9-7-14(23)8-10-15/h3-10,13H,2,11-12H2,1H3,(H,24,30)(H,25,27,31)/t13-/m1/s1. The first-order chi connectivity index (χ1) is 15.4. The molecule has 3 amide bonds. The van der Waals surface area contributed by atoms with Crippen molar-refractivity contribution in [2.75, 3.05) is 22.1 Å². The van der Waals surface area contributed by atoms with Crippen LogP contribution in [0.1, 0.15) is 28.7 Å². The fourth-order valence-corrected chi connectivity index (χ4v) is 4.06. The van der Waals surface area contributed by atoms with Crippen molar-refractivity contribution in [3.63, 3.8) is 0 Å². The normalized spacial score (nSPS) is 15.6. The molecule has 2 N–H and O–H groups in total. The van der Waals surface area contributed by atoms with E-state index in [0.29, 0.717) is 16.5 Å². The molecule has 0 saturated carbocycles. The Morgan fingerprint density at radius 1 is 1.12 bits per heavy atom. The van der Waals surface area contributed by atoms with Crippen LogP contribution in [0.4, 0.5) is 20.9 Å². The fourth-order valence-electron chi connectivity index (χ4n) is 3.39. The van der Waals surface area contributed by atoms with Crippen molar-refractivity contribution >= 4 is 45.6 Å². The number of halogens is 1. The number of nitrogens with zero attached hydrogens (tertiary/aromatic N) is 3. The molecule has 1 fully saturated rings. The highest BCUT2D eigenvalue weighted by atomic mass is 32.1. The summed E-state index contributed by atoms with van der Waals surface area (Å²) in [6, 6.07) is 12.2. The van der Waals surface area contributed by atoms with Crippen LogP contribution in [0.15, 0.2) is 48.5 Å². The lowest BCUT2D eigenvalue weighted by Crippen LogP contribution is -2.28. The van der Waals surface area contributed by atoms with E-state index in [0.717, 1.165) is 11.4 Å². The van der Waals surface area contributed by atoms with Crippen molar-refractivity contribution in [3.05, 3.63) is 64.9 Å². The molecule has 0 aliphatic carbocycles. The number of para-hydroxylation sites is 1. The van der Waals surface area contributed by atoms with Gasteiger partial charge in [0.25, 0.3) is 5.91 Å². The van der Waals surface area contributed by atoms with Gasteiger partial charge in [-0.05, 0) is 42.8 Å². The second-order valence-electron chi connectivity index (χ2n) is 7.23. The molecule has 1 aliphatic heterocycles. The Balaban J connectivity index is 1.45. The highest BCUT2D eigenvalue weighted by Gasteiger charge is 2.35. The van der Waals surface area contributed by atoms with Crippen LogP contribution in [0.2, 0.25) is 0 Å². The number of rotatable bonds is 6. The predicted molar refractivity (Wildman–Crippen MR) is 119 cm³/mol. The van der Waals surface area contributed by atoms with Gasteiger partial charge in [0.05, 0.1) is 17.2 Å². The average Bonchev–Trinajstić information content (AvgIpc) is 3.41. The second kappa shape index (κ2) is 9.23. The first-order valence-electron chi connectivity index (χ1n) is 10.0. The summed E-state index contributed by atoms with van der Waals surface area (Å²) in [4.78, 5) is 39.5. The summed E-state index contributed by atoms with van der Waals surface area (Å²) in [6.45, 7) is 2.12. The molecular formula is C22H20FN5O3S. The number of carbonyl (C=O) groups excluding carboxylic acids is 3. The van der Waals surface area contributed by atoms with Gasteiger partial charge in [-0.2, -0.15) is 0 Å². The van der Waals surface area contributed by atoms with E-state index in [-0.39, 0.29) is 30.3 Å². The number of aryl methyl sites for hydroxylation is 1. The lowest BCUT2D eigenvalue weighted by Gasteiger charge is -2.17. The summed E-state index contributed by atoms with van der Waals surface area (Å²) in [6.07, 6.45) is 0.747. The molecule has 2 heterocycles. The SMILES string of the molecule is CCc1nnc(NC(=O)c2ccccc2NC(=O)[C@@H]2CC(=O)N(c3ccc(F)cc3)C2)s1. The topological polar surface area (TPSA) is 104 Å². The van der Waals surface area contributed by atoms with Crippen molar-refractivity contribution in [2.45, 2.75) is 19.8 Å². The number of anilines is 3. The number of aromatic nitrogens is 2. The molecule has 1 atom stereocenters. The van der Waals surface area contributed by atoms with Gasteiger partial charge in [0.2, 0.25) is 16.9 Å². The zero-order valence-corrected chi connectivity index (χ0v) is 18.0. The van der Waals surface area contributed by atoms with Crippen LogP contribution < -0.4 is 15.5 Å². The van der Waals surface area contributed by atoms with Crippen LogP contribution in [-0.4, -0.2) is 34.5 Å². The van der Waals surface area contributed by atoms with Crippen molar-refractivity contribution in [1.82, 2.24) is 10.2 Å². The molecule has 32 heavy (non-hydrogen) atoms.